The SMILES string of the molecule is O=S(=O)(N1CCCCCC1)N1CCCC1C1CCCC1O. The molecular formula is C15H28N2O3S. The Morgan fingerprint density at radius 3 is 2.14 bits per heavy atom. The van der Waals surface area contributed by atoms with Crippen molar-refractivity contribution in [2.75, 3.05) is 19.6 Å². The third-order valence-corrected chi connectivity index (χ3v) is 7.53. The molecule has 0 spiro atoms. The standard InChI is InChI=1S/C15H28N2O3S/c18-15-9-5-7-13(15)14-8-6-12-17(14)21(19,20)16-10-3-1-2-4-11-16/h13-15,18H,1-12H2. The molecule has 0 aromatic rings. The molecule has 5 nitrogen and oxygen atoms in total. The topological polar surface area (TPSA) is 60.9 Å². The molecule has 0 aromatic carbocycles. The van der Waals surface area contributed by atoms with Gasteiger partial charge in [0, 0.05) is 31.6 Å². The minimum absolute atomic E-state index is 0.0238. The highest BCUT2D eigenvalue weighted by Crippen LogP contribution is 2.37. The van der Waals surface area contributed by atoms with E-state index in [1.807, 2.05) is 0 Å². The largest absolute Gasteiger partial charge is 0.393 e. The van der Waals surface area contributed by atoms with Crippen LogP contribution >= 0.6 is 0 Å². The predicted molar refractivity (Wildman–Crippen MR) is 82.0 cm³/mol. The van der Waals surface area contributed by atoms with E-state index in [0.717, 1.165) is 57.8 Å². The van der Waals surface area contributed by atoms with Gasteiger partial charge in [-0.1, -0.05) is 19.3 Å². The van der Waals surface area contributed by atoms with E-state index in [1.165, 1.54) is 0 Å². The zero-order chi connectivity index (χ0) is 14.9. The van der Waals surface area contributed by atoms with Crippen LogP contribution in [0.4, 0.5) is 0 Å². The number of hydrogen-bond donors (Lipinski definition) is 1. The van der Waals surface area contributed by atoms with Crippen molar-refractivity contribution in [3.05, 3.63) is 0 Å². The third-order valence-electron chi connectivity index (χ3n) is 5.46. The second-order valence-electron chi connectivity index (χ2n) is 6.80. The molecule has 21 heavy (non-hydrogen) atoms. The molecule has 3 unspecified atom stereocenters. The van der Waals surface area contributed by atoms with Gasteiger partial charge in [-0.2, -0.15) is 17.0 Å². The molecule has 0 aromatic heterocycles. The van der Waals surface area contributed by atoms with Crippen molar-refractivity contribution in [2.24, 2.45) is 5.92 Å². The number of aliphatic hydroxyl groups excluding tert-OH is 1. The fraction of sp³-hybridized carbons (Fsp3) is 1.00. The molecule has 0 amide bonds. The van der Waals surface area contributed by atoms with Gasteiger partial charge >= 0.3 is 0 Å². The van der Waals surface area contributed by atoms with Crippen LogP contribution in [-0.4, -0.2) is 53.9 Å². The van der Waals surface area contributed by atoms with Crippen LogP contribution in [0.3, 0.4) is 0 Å². The van der Waals surface area contributed by atoms with Crippen molar-refractivity contribution in [3.63, 3.8) is 0 Å². The van der Waals surface area contributed by atoms with Gasteiger partial charge in [0.15, 0.2) is 0 Å². The van der Waals surface area contributed by atoms with Crippen LogP contribution in [0, 0.1) is 5.92 Å². The van der Waals surface area contributed by atoms with Crippen LogP contribution in [-0.2, 0) is 10.2 Å². The molecule has 1 N–H and O–H groups in total. The lowest BCUT2D eigenvalue weighted by Crippen LogP contribution is -2.49. The molecule has 3 fully saturated rings. The average Bonchev–Trinajstić information content (AvgIpc) is 2.99. The fourth-order valence-corrected chi connectivity index (χ4v) is 6.30. The Morgan fingerprint density at radius 1 is 0.810 bits per heavy atom. The van der Waals surface area contributed by atoms with Crippen molar-refractivity contribution < 1.29 is 13.5 Å². The lowest BCUT2D eigenvalue weighted by molar-refractivity contribution is 0.0958. The van der Waals surface area contributed by atoms with Gasteiger partial charge in [-0.05, 0) is 38.5 Å². The van der Waals surface area contributed by atoms with E-state index in [2.05, 4.69) is 0 Å². The molecule has 2 aliphatic heterocycles. The summed E-state index contributed by atoms with van der Waals surface area (Å²) in [6.07, 6.45) is 8.59. The highest BCUT2D eigenvalue weighted by atomic mass is 32.2. The summed E-state index contributed by atoms with van der Waals surface area (Å²) >= 11 is 0. The monoisotopic (exact) mass is 316 g/mol. The van der Waals surface area contributed by atoms with Crippen LogP contribution in [0.5, 0.6) is 0 Å². The van der Waals surface area contributed by atoms with Crippen molar-refractivity contribution >= 4 is 10.2 Å². The second kappa shape index (κ2) is 6.52. The van der Waals surface area contributed by atoms with Gasteiger partial charge in [-0.25, -0.2) is 0 Å². The Balaban J connectivity index is 1.76. The summed E-state index contributed by atoms with van der Waals surface area (Å²) in [5.74, 6) is 0.147. The van der Waals surface area contributed by atoms with Gasteiger partial charge in [0.25, 0.3) is 10.2 Å². The molecule has 6 heteroatoms. The zero-order valence-corrected chi connectivity index (χ0v) is 13.6. The Morgan fingerprint density at radius 2 is 1.52 bits per heavy atom. The summed E-state index contributed by atoms with van der Waals surface area (Å²) in [6, 6.07) is 0.0238. The lowest BCUT2D eigenvalue weighted by atomic mass is 9.95. The molecule has 3 aliphatic rings. The van der Waals surface area contributed by atoms with Gasteiger partial charge in [-0.3, -0.25) is 0 Å². The van der Waals surface area contributed by atoms with Crippen molar-refractivity contribution in [2.45, 2.75) is 69.9 Å². The summed E-state index contributed by atoms with van der Waals surface area (Å²) in [5, 5.41) is 10.2. The highest BCUT2D eigenvalue weighted by molar-refractivity contribution is 7.86. The fourth-order valence-electron chi connectivity index (χ4n) is 4.32. The Hall–Kier alpha value is -0.170. The van der Waals surface area contributed by atoms with Crippen LogP contribution in [0.25, 0.3) is 0 Å². The first kappa shape index (κ1) is 15.7. The van der Waals surface area contributed by atoms with Crippen LogP contribution < -0.4 is 0 Å². The molecule has 2 saturated heterocycles. The molecule has 3 rings (SSSR count). The first-order valence-corrected chi connectivity index (χ1v) is 9.95. The number of hydrogen-bond acceptors (Lipinski definition) is 3. The van der Waals surface area contributed by atoms with Crippen LogP contribution in [0.15, 0.2) is 0 Å². The summed E-state index contributed by atoms with van der Waals surface area (Å²) in [7, 11) is -3.34. The van der Waals surface area contributed by atoms with E-state index in [9.17, 15) is 13.5 Å². The highest BCUT2D eigenvalue weighted by Gasteiger charge is 2.44. The quantitative estimate of drug-likeness (QED) is 0.862. The van der Waals surface area contributed by atoms with E-state index >= 15 is 0 Å². The van der Waals surface area contributed by atoms with E-state index in [-0.39, 0.29) is 18.1 Å². The van der Waals surface area contributed by atoms with Gasteiger partial charge in [-0.15, -0.1) is 0 Å². The maximum absolute atomic E-state index is 13.0. The van der Waals surface area contributed by atoms with Gasteiger partial charge in [0.1, 0.15) is 0 Å². The summed E-state index contributed by atoms with van der Waals surface area (Å²) in [6.45, 7) is 1.96. The van der Waals surface area contributed by atoms with Crippen molar-refractivity contribution in [1.82, 2.24) is 8.61 Å². The summed E-state index contributed by atoms with van der Waals surface area (Å²) in [5.41, 5.74) is 0. The molecule has 0 radical (unpaired) electrons. The van der Waals surface area contributed by atoms with Crippen LogP contribution in [0.2, 0.25) is 0 Å². The third kappa shape index (κ3) is 3.14. The average molecular weight is 316 g/mol. The number of rotatable bonds is 3. The van der Waals surface area contributed by atoms with E-state index < -0.39 is 10.2 Å². The van der Waals surface area contributed by atoms with Gasteiger partial charge < -0.3 is 5.11 Å². The van der Waals surface area contributed by atoms with Gasteiger partial charge in [0.05, 0.1) is 6.10 Å². The second-order valence-corrected chi connectivity index (χ2v) is 8.68. The minimum atomic E-state index is -3.34. The molecular weight excluding hydrogens is 288 g/mol. The molecule has 0 bridgehead atoms. The Bertz CT molecular complexity index is 446. The maximum Gasteiger partial charge on any atom is 0.282 e. The predicted octanol–water partition coefficient (Wildman–Crippen LogP) is 1.73. The number of nitrogens with zero attached hydrogens (tertiary/aromatic N) is 2. The van der Waals surface area contributed by atoms with Gasteiger partial charge in [0.2, 0.25) is 0 Å². The molecule has 122 valence electrons. The summed E-state index contributed by atoms with van der Waals surface area (Å²) in [4.78, 5) is 0. The molecule has 1 aliphatic carbocycles. The normalized spacial score (nSPS) is 36.9. The molecule has 1 saturated carbocycles. The Kier molecular flexibility index (Phi) is 4.88. The molecule has 3 atom stereocenters. The van der Waals surface area contributed by atoms with E-state index in [0.29, 0.717) is 19.6 Å². The maximum atomic E-state index is 13.0. The zero-order valence-electron chi connectivity index (χ0n) is 12.8. The minimum Gasteiger partial charge on any atom is -0.393 e. The van der Waals surface area contributed by atoms with E-state index in [1.54, 1.807) is 8.61 Å². The Labute approximate surface area is 128 Å². The molecule has 2 heterocycles. The first-order valence-electron chi connectivity index (χ1n) is 8.55. The van der Waals surface area contributed by atoms with Crippen molar-refractivity contribution in [1.29, 1.82) is 0 Å². The van der Waals surface area contributed by atoms with Crippen LogP contribution in [0.1, 0.15) is 57.8 Å². The van der Waals surface area contributed by atoms with Crippen molar-refractivity contribution in [3.8, 4) is 0 Å². The first-order chi connectivity index (χ1) is 10.1. The van der Waals surface area contributed by atoms with E-state index in [4.69, 9.17) is 0 Å². The summed E-state index contributed by atoms with van der Waals surface area (Å²) < 4.78 is 29.4. The number of aliphatic hydroxyl groups is 1. The smallest absolute Gasteiger partial charge is 0.282 e. The lowest BCUT2D eigenvalue weighted by Gasteiger charge is -2.34.